The van der Waals surface area contributed by atoms with Crippen LogP contribution in [0.1, 0.15) is 35.3 Å². The van der Waals surface area contributed by atoms with Crippen molar-refractivity contribution in [1.29, 1.82) is 0 Å². The Morgan fingerprint density at radius 2 is 2.21 bits per heavy atom. The molecule has 1 aromatic carbocycles. The van der Waals surface area contributed by atoms with Crippen molar-refractivity contribution in [2.75, 3.05) is 6.61 Å². The molecule has 0 unspecified atom stereocenters. The third-order valence-electron chi connectivity index (χ3n) is 3.85. The van der Waals surface area contributed by atoms with Gasteiger partial charge >= 0.3 is 0 Å². The monoisotopic (exact) mass is 258 g/mol. The van der Waals surface area contributed by atoms with E-state index in [1.807, 2.05) is 31.2 Å². The molecule has 1 fully saturated rings. The lowest BCUT2D eigenvalue weighted by molar-refractivity contribution is 0.0919. The Morgan fingerprint density at radius 1 is 1.42 bits per heavy atom. The van der Waals surface area contributed by atoms with E-state index in [2.05, 4.69) is 10.3 Å². The fraction of sp³-hybridized carbons (Fsp3) is 0.400. The first kappa shape index (κ1) is 12.2. The number of fused-ring (bicyclic) bond motifs is 1. The van der Waals surface area contributed by atoms with Crippen molar-refractivity contribution in [3.05, 3.63) is 35.5 Å². The summed E-state index contributed by atoms with van der Waals surface area (Å²) in [7, 11) is 0. The van der Waals surface area contributed by atoms with Crippen LogP contribution in [-0.4, -0.2) is 28.1 Å². The molecule has 0 atom stereocenters. The number of carbonyl (C=O) groups excluding carboxylic acids is 1. The number of amides is 1. The number of aliphatic hydroxyl groups excluding tert-OH is 1. The van der Waals surface area contributed by atoms with Crippen molar-refractivity contribution < 1.29 is 9.90 Å². The summed E-state index contributed by atoms with van der Waals surface area (Å²) in [4.78, 5) is 15.4. The number of aromatic nitrogens is 1. The largest absolute Gasteiger partial charge is 0.396 e. The Kier molecular flexibility index (Phi) is 2.82. The normalized spacial score (nSPS) is 16.5. The number of hydrogen-bond donors (Lipinski definition) is 3. The molecule has 4 heteroatoms. The van der Waals surface area contributed by atoms with Gasteiger partial charge in [0.15, 0.2) is 0 Å². The van der Waals surface area contributed by atoms with E-state index in [9.17, 15) is 4.79 Å². The van der Waals surface area contributed by atoms with Crippen molar-refractivity contribution in [3.8, 4) is 0 Å². The van der Waals surface area contributed by atoms with Gasteiger partial charge in [0.1, 0.15) is 5.69 Å². The van der Waals surface area contributed by atoms with Crippen LogP contribution in [0.2, 0.25) is 0 Å². The fourth-order valence-corrected chi connectivity index (χ4v) is 2.47. The maximum atomic E-state index is 12.2. The molecule has 3 rings (SSSR count). The SMILES string of the molecule is Cc1ccc2cc(C(=O)NC3(CCO)CC3)[nH]c2c1. The maximum Gasteiger partial charge on any atom is 0.268 e. The maximum absolute atomic E-state index is 12.2. The summed E-state index contributed by atoms with van der Waals surface area (Å²) in [6.07, 6.45) is 2.55. The minimum atomic E-state index is -0.168. The number of rotatable bonds is 4. The van der Waals surface area contributed by atoms with Crippen molar-refractivity contribution >= 4 is 16.8 Å². The van der Waals surface area contributed by atoms with Crippen molar-refractivity contribution in [2.45, 2.75) is 31.7 Å². The van der Waals surface area contributed by atoms with Gasteiger partial charge < -0.3 is 15.4 Å². The Balaban J connectivity index is 1.82. The lowest BCUT2D eigenvalue weighted by Gasteiger charge is -2.15. The highest BCUT2D eigenvalue weighted by atomic mass is 16.3. The van der Waals surface area contributed by atoms with Crippen LogP contribution in [0.25, 0.3) is 10.9 Å². The molecular weight excluding hydrogens is 240 g/mol. The van der Waals surface area contributed by atoms with Gasteiger partial charge in [0.05, 0.1) is 0 Å². The second-order valence-corrected chi connectivity index (χ2v) is 5.48. The van der Waals surface area contributed by atoms with Crippen molar-refractivity contribution in [2.24, 2.45) is 0 Å². The van der Waals surface area contributed by atoms with Gasteiger partial charge in [-0.2, -0.15) is 0 Å². The average Bonchev–Trinajstić information content (AvgIpc) is 2.98. The topological polar surface area (TPSA) is 65.1 Å². The number of aromatic amines is 1. The van der Waals surface area contributed by atoms with Gasteiger partial charge in [-0.15, -0.1) is 0 Å². The standard InChI is InChI=1S/C15H18N2O2/c1-10-2-3-11-9-13(16-12(11)8-10)14(19)17-15(4-5-15)6-7-18/h2-3,8-9,16,18H,4-7H2,1H3,(H,17,19). The number of carbonyl (C=O) groups is 1. The predicted octanol–water partition coefficient (Wildman–Crippen LogP) is 2.12. The van der Waals surface area contributed by atoms with Crippen LogP contribution >= 0.6 is 0 Å². The quantitative estimate of drug-likeness (QED) is 0.786. The molecule has 1 amide bonds. The molecular formula is C15H18N2O2. The molecule has 0 saturated heterocycles. The molecule has 0 aliphatic heterocycles. The van der Waals surface area contributed by atoms with Gasteiger partial charge in [-0.3, -0.25) is 4.79 Å². The summed E-state index contributed by atoms with van der Waals surface area (Å²) in [5, 5.41) is 13.1. The van der Waals surface area contributed by atoms with E-state index in [1.165, 1.54) is 5.56 Å². The molecule has 2 aromatic rings. The van der Waals surface area contributed by atoms with Crippen LogP contribution in [0.3, 0.4) is 0 Å². The second kappa shape index (κ2) is 4.38. The van der Waals surface area contributed by atoms with E-state index in [1.54, 1.807) is 0 Å². The highest BCUT2D eigenvalue weighted by molar-refractivity contribution is 5.98. The summed E-state index contributed by atoms with van der Waals surface area (Å²) in [6, 6.07) is 7.95. The van der Waals surface area contributed by atoms with Gasteiger partial charge in [-0.1, -0.05) is 12.1 Å². The number of H-pyrrole nitrogens is 1. The van der Waals surface area contributed by atoms with Crippen LogP contribution in [0, 0.1) is 6.92 Å². The molecule has 0 bridgehead atoms. The number of hydrogen-bond acceptors (Lipinski definition) is 2. The van der Waals surface area contributed by atoms with E-state index in [0.29, 0.717) is 12.1 Å². The second-order valence-electron chi connectivity index (χ2n) is 5.48. The highest BCUT2D eigenvalue weighted by Crippen LogP contribution is 2.38. The number of benzene rings is 1. The molecule has 1 heterocycles. The Labute approximate surface area is 111 Å². The molecule has 0 radical (unpaired) electrons. The zero-order valence-electron chi connectivity index (χ0n) is 11.0. The summed E-state index contributed by atoms with van der Waals surface area (Å²) in [5.74, 6) is -0.0835. The molecule has 1 aliphatic carbocycles. The van der Waals surface area contributed by atoms with Crippen LogP contribution in [0.15, 0.2) is 24.3 Å². The van der Waals surface area contributed by atoms with Crippen LogP contribution in [0.5, 0.6) is 0 Å². The molecule has 1 aromatic heterocycles. The fourth-order valence-electron chi connectivity index (χ4n) is 2.47. The van der Waals surface area contributed by atoms with E-state index in [-0.39, 0.29) is 18.1 Å². The average molecular weight is 258 g/mol. The van der Waals surface area contributed by atoms with Gasteiger partial charge in [-0.05, 0) is 43.9 Å². The van der Waals surface area contributed by atoms with Gasteiger partial charge in [-0.25, -0.2) is 0 Å². The molecule has 1 aliphatic rings. The zero-order chi connectivity index (χ0) is 13.5. The van der Waals surface area contributed by atoms with Crippen LogP contribution < -0.4 is 5.32 Å². The van der Waals surface area contributed by atoms with Crippen LogP contribution in [0.4, 0.5) is 0 Å². The molecule has 100 valence electrons. The first-order valence-corrected chi connectivity index (χ1v) is 6.65. The summed E-state index contributed by atoms with van der Waals surface area (Å²) in [5.41, 5.74) is 2.57. The Hall–Kier alpha value is -1.81. The Bertz CT molecular complexity index is 626. The van der Waals surface area contributed by atoms with Crippen LogP contribution in [-0.2, 0) is 0 Å². The molecule has 4 nitrogen and oxygen atoms in total. The first-order valence-electron chi connectivity index (χ1n) is 6.65. The number of aryl methyl sites for hydroxylation is 1. The minimum Gasteiger partial charge on any atom is -0.396 e. The summed E-state index contributed by atoms with van der Waals surface area (Å²) >= 11 is 0. The Morgan fingerprint density at radius 3 is 2.89 bits per heavy atom. The zero-order valence-corrected chi connectivity index (χ0v) is 11.0. The third-order valence-corrected chi connectivity index (χ3v) is 3.85. The van der Waals surface area contributed by atoms with Gasteiger partial charge in [0, 0.05) is 23.0 Å². The van der Waals surface area contributed by atoms with E-state index in [4.69, 9.17) is 5.11 Å². The van der Waals surface area contributed by atoms with Gasteiger partial charge in [0.25, 0.3) is 5.91 Å². The number of nitrogens with one attached hydrogen (secondary N) is 2. The van der Waals surface area contributed by atoms with E-state index >= 15 is 0 Å². The molecule has 3 N–H and O–H groups in total. The smallest absolute Gasteiger partial charge is 0.268 e. The van der Waals surface area contributed by atoms with E-state index < -0.39 is 0 Å². The molecule has 0 spiro atoms. The minimum absolute atomic E-state index is 0.0835. The number of aliphatic hydroxyl groups is 1. The lowest BCUT2D eigenvalue weighted by Crippen LogP contribution is -2.37. The summed E-state index contributed by atoms with van der Waals surface area (Å²) in [6.45, 7) is 2.15. The molecule has 1 saturated carbocycles. The predicted molar refractivity (Wildman–Crippen MR) is 74.2 cm³/mol. The van der Waals surface area contributed by atoms with Crippen molar-refractivity contribution in [1.82, 2.24) is 10.3 Å². The molecule has 19 heavy (non-hydrogen) atoms. The van der Waals surface area contributed by atoms with E-state index in [0.717, 1.165) is 23.7 Å². The first-order chi connectivity index (χ1) is 9.12. The third kappa shape index (κ3) is 2.36. The van der Waals surface area contributed by atoms with Gasteiger partial charge in [0.2, 0.25) is 0 Å². The summed E-state index contributed by atoms with van der Waals surface area (Å²) < 4.78 is 0. The highest BCUT2D eigenvalue weighted by Gasteiger charge is 2.43. The van der Waals surface area contributed by atoms with Crippen molar-refractivity contribution in [3.63, 3.8) is 0 Å². The lowest BCUT2D eigenvalue weighted by atomic mass is 10.1.